The van der Waals surface area contributed by atoms with Gasteiger partial charge in [0.05, 0.1) is 22.7 Å². The van der Waals surface area contributed by atoms with E-state index in [-0.39, 0.29) is 38.5 Å². The van der Waals surface area contributed by atoms with Gasteiger partial charge >= 0.3 is 23.9 Å². The lowest BCUT2D eigenvalue weighted by Crippen LogP contribution is -2.51. The van der Waals surface area contributed by atoms with E-state index < -0.39 is 52.0 Å². The Labute approximate surface area is 170 Å². The molecule has 4 atom stereocenters. The molecule has 0 bridgehead atoms. The molecule has 0 radical (unpaired) electrons. The molecule has 29 heavy (non-hydrogen) atoms. The Morgan fingerprint density at radius 3 is 1.34 bits per heavy atom. The number of carbonyl (C=O) groups is 4. The number of hydrogen-bond acceptors (Lipinski definition) is 4. The average Bonchev–Trinajstić information content (AvgIpc) is 2.60. The molecule has 2 aliphatic rings. The molecule has 4 N–H and O–H groups in total. The molecule has 2 saturated carbocycles. The lowest BCUT2D eigenvalue weighted by Gasteiger charge is -2.47. The van der Waals surface area contributed by atoms with Gasteiger partial charge in [0.25, 0.3) is 0 Å². The summed E-state index contributed by atoms with van der Waals surface area (Å²) in [7, 11) is 0. The van der Waals surface area contributed by atoms with Crippen molar-refractivity contribution in [3.63, 3.8) is 0 Å². The highest BCUT2D eigenvalue weighted by Crippen LogP contribution is 2.55. The van der Waals surface area contributed by atoms with E-state index in [1.807, 2.05) is 0 Å². The number of hydrogen-bond donors (Lipinski definition) is 4. The SMILES string of the molecule is CC(C)(C[C@@]1(C(=O)O)CCCC[C@@H]1C(=O)O)C[C@@]1(C(=O)O)CCCC[C@H]1C(=O)O. The van der Waals surface area contributed by atoms with Crippen molar-refractivity contribution >= 4 is 23.9 Å². The van der Waals surface area contributed by atoms with E-state index in [0.29, 0.717) is 25.7 Å². The maximum atomic E-state index is 12.3. The first-order chi connectivity index (χ1) is 13.4. The van der Waals surface area contributed by atoms with Gasteiger partial charge in [0.2, 0.25) is 0 Å². The quantitative estimate of drug-likeness (QED) is 0.473. The molecule has 2 aliphatic carbocycles. The van der Waals surface area contributed by atoms with Gasteiger partial charge in [-0.15, -0.1) is 0 Å². The summed E-state index contributed by atoms with van der Waals surface area (Å²) in [4.78, 5) is 48.2. The third-order valence-electron chi connectivity index (χ3n) is 7.10. The van der Waals surface area contributed by atoms with Crippen LogP contribution < -0.4 is 0 Å². The third-order valence-corrected chi connectivity index (χ3v) is 7.10. The summed E-state index contributed by atoms with van der Waals surface area (Å²) >= 11 is 0. The Bertz CT molecular complexity index is 628. The second-order valence-electron chi connectivity index (χ2n) is 9.71. The molecule has 0 aliphatic heterocycles. The van der Waals surface area contributed by atoms with Crippen LogP contribution in [0.5, 0.6) is 0 Å². The largest absolute Gasteiger partial charge is 0.481 e. The van der Waals surface area contributed by atoms with Crippen molar-refractivity contribution < 1.29 is 39.6 Å². The van der Waals surface area contributed by atoms with Crippen molar-refractivity contribution in [2.24, 2.45) is 28.1 Å². The van der Waals surface area contributed by atoms with Crippen molar-refractivity contribution in [1.29, 1.82) is 0 Å². The Kier molecular flexibility index (Phi) is 6.65. The highest BCUT2D eigenvalue weighted by atomic mass is 16.4. The van der Waals surface area contributed by atoms with Crippen LogP contribution in [-0.2, 0) is 19.2 Å². The average molecular weight is 412 g/mol. The molecule has 0 amide bonds. The molecule has 8 heteroatoms. The summed E-state index contributed by atoms with van der Waals surface area (Å²) in [5.74, 6) is -6.68. The Morgan fingerprint density at radius 2 is 1.07 bits per heavy atom. The van der Waals surface area contributed by atoms with Crippen molar-refractivity contribution in [3.8, 4) is 0 Å². The van der Waals surface area contributed by atoms with E-state index in [0.717, 1.165) is 0 Å². The van der Waals surface area contributed by atoms with Gasteiger partial charge < -0.3 is 20.4 Å². The monoisotopic (exact) mass is 412 g/mol. The Morgan fingerprint density at radius 1 is 0.724 bits per heavy atom. The van der Waals surface area contributed by atoms with Gasteiger partial charge in [-0.2, -0.15) is 0 Å². The van der Waals surface area contributed by atoms with Crippen LogP contribution in [0.4, 0.5) is 0 Å². The van der Waals surface area contributed by atoms with Crippen LogP contribution >= 0.6 is 0 Å². The van der Waals surface area contributed by atoms with Gasteiger partial charge in [0.15, 0.2) is 0 Å². The molecule has 0 unspecified atom stereocenters. The van der Waals surface area contributed by atoms with E-state index in [4.69, 9.17) is 0 Å². The maximum Gasteiger partial charge on any atom is 0.310 e. The zero-order valence-electron chi connectivity index (χ0n) is 17.1. The molecule has 2 fully saturated rings. The smallest absolute Gasteiger partial charge is 0.310 e. The van der Waals surface area contributed by atoms with Gasteiger partial charge in [-0.05, 0) is 43.9 Å². The molecule has 0 aromatic rings. The lowest BCUT2D eigenvalue weighted by molar-refractivity contribution is -0.174. The lowest BCUT2D eigenvalue weighted by atomic mass is 9.54. The summed E-state index contributed by atoms with van der Waals surface area (Å²) in [6.45, 7) is 3.48. The molecule has 8 nitrogen and oxygen atoms in total. The fraction of sp³-hybridized carbons (Fsp3) is 0.810. The second kappa shape index (κ2) is 8.32. The molecular formula is C21H32O8. The first kappa shape index (κ1) is 23.2. The van der Waals surface area contributed by atoms with Crippen LogP contribution in [0.1, 0.15) is 78.1 Å². The number of carboxylic acids is 4. The van der Waals surface area contributed by atoms with Gasteiger partial charge in [0, 0.05) is 0 Å². The van der Waals surface area contributed by atoms with Crippen LogP contribution in [0.25, 0.3) is 0 Å². The summed E-state index contributed by atoms with van der Waals surface area (Å²) in [6, 6.07) is 0. The molecule has 0 saturated heterocycles. The minimum atomic E-state index is -1.47. The predicted octanol–water partition coefficient (Wildman–Crippen LogP) is 3.48. The highest BCUT2D eigenvalue weighted by Gasteiger charge is 2.57. The maximum absolute atomic E-state index is 12.3. The molecule has 0 aromatic heterocycles. The zero-order valence-corrected chi connectivity index (χ0v) is 17.1. The van der Waals surface area contributed by atoms with Crippen LogP contribution in [0, 0.1) is 28.1 Å². The fourth-order valence-electron chi connectivity index (χ4n) is 6.06. The molecule has 2 rings (SSSR count). The van der Waals surface area contributed by atoms with Gasteiger partial charge in [-0.3, -0.25) is 19.2 Å². The zero-order chi connectivity index (χ0) is 22.0. The van der Waals surface area contributed by atoms with Crippen molar-refractivity contribution in [2.75, 3.05) is 0 Å². The molecule has 0 spiro atoms. The standard InChI is InChI=1S/C21H32O8/c1-19(2,11-20(17(26)27)9-5-3-7-13(20)15(22)23)12-21(18(28)29)10-6-4-8-14(21)16(24)25/h13-14H,3-12H2,1-2H3,(H,22,23)(H,24,25)(H,26,27)(H,28,29)/t13-,14+,20-,21-/m0/s1. The first-order valence-corrected chi connectivity index (χ1v) is 10.3. The highest BCUT2D eigenvalue weighted by molar-refractivity contribution is 5.85. The van der Waals surface area contributed by atoms with Crippen molar-refractivity contribution in [1.82, 2.24) is 0 Å². The van der Waals surface area contributed by atoms with Crippen LogP contribution in [0.3, 0.4) is 0 Å². The second-order valence-corrected chi connectivity index (χ2v) is 9.71. The summed E-state index contributed by atoms with van der Waals surface area (Å²) in [5, 5.41) is 39.4. The summed E-state index contributed by atoms with van der Waals surface area (Å²) in [5.41, 5.74) is -3.80. The van der Waals surface area contributed by atoms with Crippen LogP contribution in [0.15, 0.2) is 0 Å². The van der Waals surface area contributed by atoms with E-state index >= 15 is 0 Å². The van der Waals surface area contributed by atoms with Gasteiger partial charge in [0.1, 0.15) is 0 Å². The fourth-order valence-corrected chi connectivity index (χ4v) is 6.06. The van der Waals surface area contributed by atoms with Gasteiger partial charge in [-0.1, -0.05) is 39.5 Å². The van der Waals surface area contributed by atoms with E-state index in [9.17, 15) is 39.6 Å². The van der Waals surface area contributed by atoms with Crippen LogP contribution in [0.2, 0.25) is 0 Å². The minimum absolute atomic E-state index is 0.00761. The van der Waals surface area contributed by atoms with Crippen LogP contribution in [-0.4, -0.2) is 44.3 Å². The number of carboxylic acid groups (broad SMARTS) is 4. The third kappa shape index (κ3) is 4.41. The molecular weight excluding hydrogens is 380 g/mol. The summed E-state index contributed by atoms with van der Waals surface area (Å²) in [6.07, 6.45) is 3.53. The van der Waals surface area contributed by atoms with E-state index in [1.54, 1.807) is 13.8 Å². The Hall–Kier alpha value is -2.12. The molecule has 0 aromatic carbocycles. The van der Waals surface area contributed by atoms with Gasteiger partial charge in [-0.25, -0.2) is 0 Å². The first-order valence-electron chi connectivity index (χ1n) is 10.3. The minimum Gasteiger partial charge on any atom is -0.481 e. The van der Waals surface area contributed by atoms with E-state index in [1.165, 1.54) is 0 Å². The topological polar surface area (TPSA) is 149 Å². The van der Waals surface area contributed by atoms with E-state index in [2.05, 4.69) is 0 Å². The number of aliphatic carboxylic acids is 4. The van der Waals surface area contributed by atoms with Crippen molar-refractivity contribution in [2.45, 2.75) is 78.1 Å². The normalized spacial score (nSPS) is 33.0. The van der Waals surface area contributed by atoms with Crippen molar-refractivity contribution in [3.05, 3.63) is 0 Å². The predicted molar refractivity (Wildman–Crippen MR) is 102 cm³/mol. The Balaban J connectivity index is 2.41. The summed E-state index contributed by atoms with van der Waals surface area (Å²) < 4.78 is 0. The molecule has 0 heterocycles. The molecule has 164 valence electrons. The number of rotatable bonds is 8.